The van der Waals surface area contributed by atoms with E-state index in [4.69, 9.17) is 0 Å². The largest absolute Gasteiger partial charge is 0.0973 e. The van der Waals surface area contributed by atoms with Crippen LogP contribution in [0.4, 0.5) is 0 Å². The van der Waals surface area contributed by atoms with Crippen LogP contribution >= 0.6 is 12.2 Å². The van der Waals surface area contributed by atoms with Crippen molar-refractivity contribution in [2.75, 3.05) is 0 Å². The van der Waals surface area contributed by atoms with Gasteiger partial charge < -0.3 is 0 Å². The third kappa shape index (κ3) is 14.0. The predicted octanol–water partition coefficient (Wildman–Crippen LogP) is -0.838. The van der Waals surface area contributed by atoms with Crippen molar-refractivity contribution in [1.82, 2.24) is 0 Å². The van der Waals surface area contributed by atoms with Crippen LogP contribution in [0, 0.1) is 0 Å². The van der Waals surface area contributed by atoms with Crippen LogP contribution in [0.25, 0.3) is 0 Å². The summed E-state index contributed by atoms with van der Waals surface area (Å²) >= 11 is 3.83. The van der Waals surface area contributed by atoms with E-state index in [1.54, 1.807) is 0 Å². The molecule has 0 aromatic heterocycles. The van der Waals surface area contributed by atoms with Gasteiger partial charge in [-0.2, -0.15) is 0 Å². The Balaban J connectivity index is -0.00000000500. The summed E-state index contributed by atoms with van der Waals surface area (Å²) in [6.45, 7) is 0. The molecule has 0 amide bonds. The van der Waals surface area contributed by atoms with Crippen LogP contribution in [0.15, 0.2) is 0 Å². The summed E-state index contributed by atoms with van der Waals surface area (Å²) in [7, 11) is 0. The Hall–Kier alpha value is 0.813. The summed E-state index contributed by atoms with van der Waals surface area (Å²) in [4.78, 5) is 0. The molecule has 0 atom stereocenters. The number of thiocarbonyl (C=S) groups is 1. The van der Waals surface area contributed by atoms with Gasteiger partial charge in [0.05, 0.1) is 0 Å². The van der Waals surface area contributed by atoms with Crippen molar-refractivity contribution in [3.05, 3.63) is 0 Å². The molecule has 0 nitrogen and oxygen atoms in total. The van der Waals surface area contributed by atoms with E-state index in [-0.39, 0.29) is 27.7 Å². The quantitative estimate of drug-likeness (QED) is 0.310. The summed E-state index contributed by atoms with van der Waals surface area (Å²) < 4.78 is 0. The first-order valence-corrected chi connectivity index (χ1v) is 0.866. The van der Waals surface area contributed by atoms with Gasteiger partial charge in [0, 0.05) is 16.8 Å². The molecule has 4 heavy (non-hydrogen) atoms. The molecule has 0 saturated heterocycles. The molecule has 0 fully saturated rings. The Labute approximate surface area is 46.2 Å². The van der Waals surface area contributed by atoms with Gasteiger partial charge in [-0.15, -0.1) is 0 Å². The summed E-state index contributed by atoms with van der Waals surface area (Å²) in [5, 5.41) is 0. The van der Waals surface area contributed by atoms with Crippen LogP contribution in [-0.4, -0.2) is 16.8 Å². The molecule has 0 spiro atoms. The Morgan fingerprint density at radius 1 is 1.25 bits per heavy atom. The van der Waals surface area contributed by atoms with Crippen molar-refractivity contribution in [3.8, 4) is 0 Å². The van der Waals surface area contributed by atoms with Crippen molar-refractivity contribution in [3.63, 3.8) is 0 Å². The van der Waals surface area contributed by atoms with Gasteiger partial charge in [0.25, 0.3) is 0 Å². The third-order valence-corrected chi connectivity index (χ3v) is 0. The molecule has 0 unspecified atom stereocenters. The molecule has 0 saturated carbocycles. The minimum absolute atomic E-state index is 0. The summed E-state index contributed by atoms with van der Waals surface area (Å²) in [5.74, 6) is 2.83. The maximum Gasteiger partial charge on any atom is 0 e. The second-order valence-corrected chi connectivity index (χ2v) is 0. The van der Waals surface area contributed by atoms with E-state index in [1.807, 2.05) is 0 Å². The van der Waals surface area contributed by atoms with Gasteiger partial charge in [0.15, 0.2) is 0 Å². The standard InChI is InChI=1S/CH2S.Co.H4Si/c1-2;;/h1H2;;1H4. The number of hydrogen-bond donors (Lipinski definition) is 0. The van der Waals surface area contributed by atoms with Crippen LogP contribution in [-0.2, 0) is 16.8 Å². The van der Waals surface area contributed by atoms with Crippen molar-refractivity contribution < 1.29 is 16.8 Å². The van der Waals surface area contributed by atoms with E-state index in [2.05, 4.69) is 18.1 Å². The molecule has 0 heterocycles. The van der Waals surface area contributed by atoms with Crippen LogP contribution in [0.2, 0.25) is 0 Å². The van der Waals surface area contributed by atoms with Gasteiger partial charge in [0.2, 0.25) is 0 Å². The molecule has 1 radical (unpaired) electrons. The van der Waals surface area contributed by atoms with E-state index in [9.17, 15) is 0 Å². The average Bonchev–Trinajstić information content (AvgIpc) is 1.00. The zero-order chi connectivity index (χ0) is 2.00. The summed E-state index contributed by atoms with van der Waals surface area (Å²) in [5.41, 5.74) is 0. The third-order valence-electron chi connectivity index (χ3n) is 0. The molecule has 29 valence electrons. The number of hydrogen-bond acceptors (Lipinski definition) is 1. The van der Waals surface area contributed by atoms with Crippen molar-refractivity contribution in [2.45, 2.75) is 0 Å². The van der Waals surface area contributed by atoms with Gasteiger partial charge in [0.1, 0.15) is 0 Å². The molecule has 0 bridgehead atoms. The Kier molecular flexibility index (Phi) is 243. The zero-order valence-corrected chi connectivity index (χ0v) is 3.31. The van der Waals surface area contributed by atoms with Crippen molar-refractivity contribution in [1.29, 1.82) is 0 Å². The molecule has 0 rings (SSSR count). The smallest absolute Gasteiger partial charge is 0 e. The van der Waals surface area contributed by atoms with Crippen LogP contribution < -0.4 is 0 Å². The van der Waals surface area contributed by atoms with Crippen molar-refractivity contribution in [2.24, 2.45) is 0 Å². The second kappa shape index (κ2) is 45.6. The Morgan fingerprint density at radius 3 is 1.25 bits per heavy atom. The molecule has 0 N–H and O–H groups in total. The van der Waals surface area contributed by atoms with Crippen molar-refractivity contribution >= 4 is 29.1 Å². The molecular formula is CH6CoSSi. The van der Waals surface area contributed by atoms with Gasteiger partial charge in [-0.05, 0) is 16.8 Å². The summed E-state index contributed by atoms with van der Waals surface area (Å²) in [6, 6.07) is 0. The monoisotopic (exact) mass is 137 g/mol. The molecule has 0 aliphatic heterocycles. The van der Waals surface area contributed by atoms with Crippen LogP contribution in [0.1, 0.15) is 0 Å². The second-order valence-electron chi connectivity index (χ2n) is 0. The normalized spacial score (nSPS) is 1.00. The molecule has 0 aromatic carbocycles. The first kappa shape index (κ1) is 21.3. The fourth-order valence-corrected chi connectivity index (χ4v) is 0. The minimum atomic E-state index is 0. The first-order valence-electron chi connectivity index (χ1n) is 0.289. The van der Waals surface area contributed by atoms with Gasteiger partial charge in [-0.25, -0.2) is 0 Å². The average molecular weight is 137 g/mol. The predicted molar refractivity (Wildman–Crippen MR) is 26.0 cm³/mol. The molecular weight excluding hydrogens is 131 g/mol. The number of rotatable bonds is 0. The SMILES string of the molecule is C=S.[Co].[SiH4]. The Morgan fingerprint density at radius 2 is 1.25 bits per heavy atom. The van der Waals surface area contributed by atoms with E-state index in [0.29, 0.717) is 0 Å². The van der Waals surface area contributed by atoms with Crippen LogP contribution in [0.5, 0.6) is 0 Å². The first-order chi connectivity index (χ1) is 1.00. The zero-order valence-electron chi connectivity index (χ0n) is 1.45. The maximum absolute atomic E-state index is 3.83. The topological polar surface area (TPSA) is 0 Å². The minimum Gasteiger partial charge on any atom is -0.0973 e. The van der Waals surface area contributed by atoms with Gasteiger partial charge in [-0.3, -0.25) is 0 Å². The van der Waals surface area contributed by atoms with E-state index < -0.39 is 0 Å². The summed E-state index contributed by atoms with van der Waals surface area (Å²) in [6.07, 6.45) is 0. The van der Waals surface area contributed by atoms with Gasteiger partial charge in [-0.1, -0.05) is 12.2 Å². The molecule has 0 aliphatic carbocycles. The maximum atomic E-state index is 3.83. The molecule has 3 heteroatoms. The van der Waals surface area contributed by atoms with E-state index in [1.165, 1.54) is 0 Å². The Bertz CT molecular complexity index is 8.00. The van der Waals surface area contributed by atoms with E-state index in [0.717, 1.165) is 0 Å². The van der Waals surface area contributed by atoms with E-state index >= 15 is 0 Å². The molecule has 0 aliphatic rings. The molecule has 0 aromatic rings. The van der Waals surface area contributed by atoms with Gasteiger partial charge >= 0.3 is 0 Å². The fraction of sp³-hybridized carbons (Fsp3) is 0. The van der Waals surface area contributed by atoms with Crippen LogP contribution in [0.3, 0.4) is 0 Å². The fourth-order valence-electron chi connectivity index (χ4n) is 0.